The Morgan fingerprint density at radius 1 is 1.50 bits per heavy atom. The summed E-state index contributed by atoms with van der Waals surface area (Å²) in [6, 6.07) is 4.46. The average molecular weight is 269 g/mol. The highest BCUT2D eigenvalue weighted by Crippen LogP contribution is 2.28. The molecule has 0 heterocycles. The van der Waals surface area contributed by atoms with Gasteiger partial charge < -0.3 is 15.4 Å². The van der Waals surface area contributed by atoms with Crippen LogP contribution in [-0.2, 0) is 0 Å². The summed E-state index contributed by atoms with van der Waals surface area (Å²) in [4.78, 5) is 10.2. The van der Waals surface area contributed by atoms with Gasteiger partial charge in [0.1, 0.15) is 5.75 Å². The van der Waals surface area contributed by atoms with Gasteiger partial charge in [-0.25, -0.2) is 0 Å². The molecule has 7 heteroatoms. The summed E-state index contributed by atoms with van der Waals surface area (Å²) in [5.74, 6) is 0.494. The Bertz CT molecular complexity index is 463. The average Bonchev–Trinajstić information content (AvgIpc) is 2.27. The Kier molecular flexibility index (Phi) is 4.85. The first-order valence-electron chi connectivity index (χ1n) is 5.34. The largest absolute Gasteiger partial charge is 0.495 e. The molecule has 0 fully saturated rings. The third kappa shape index (κ3) is 3.85. The van der Waals surface area contributed by atoms with E-state index in [1.807, 2.05) is 13.8 Å². The van der Waals surface area contributed by atoms with Crippen LogP contribution in [0.25, 0.3) is 0 Å². The van der Waals surface area contributed by atoms with E-state index in [-0.39, 0.29) is 11.7 Å². The van der Waals surface area contributed by atoms with Gasteiger partial charge in [-0.05, 0) is 32.1 Å². The fourth-order valence-electron chi connectivity index (χ4n) is 1.33. The van der Waals surface area contributed by atoms with Gasteiger partial charge in [0.15, 0.2) is 5.11 Å². The van der Waals surface area contributed by atoms with E-state index in [0.29, 0.717) is 16.5 Å². The second-order valence-corrected chi connectivity index (χ2v) is 4.30. The molecule has 1 rings (SSSR count). The highest BCUT2D eigenvalue weighted by molar-refractivity contribution is 7.80. The number of nitrogens with one attached hydrogen (secondary N) is 2. The van der Waals surface area contributed by atoms with Crippen molar-refractivity contribution in [1.29, 1.82) is 0 Å². The lowest BCUT2D eigenvalue weighted by Gasteiger charge is -2.15. The molecule has 2 N–H and O–H groups in total. The van der Waals surface area contributed by atoms with Crippen molar-refractivity contribution >= 4 is 28.7 Å². The number of nitro benzene ring substituents is 1. The Morgan fingerprint density at radius 3 is 2.67 bits per heavy atom. The van der Waals surface area contributed by atoms with Gasteiger partial charge in [-0.3, -0.25) is 10.1 Å². The molecule has 18 heavy (non-hydrogen) atoms. The zero-order valence-electron chi connectivity index (χ0n) is 10.4. The summed E-state index contributed by atoms with van der Waals surface area (Å²) in [6.07, 6.45) is 0. The van der Waals surface area contributed by atoms with Crippen molar-refractivity contribution in [1.82, 2.24) is 5.32 Å². The van der Waals surface area contributed by atoms with Crippen molar-refractivity contribution in [2.24, 2.45) is 0 Å². The highest BCUT2D eigenvalue weighted by atomic mass is 32.1. The number of ether oxygens (including phenoxy) is 1. The van der Waals surface area contributed by atoms with Crippen molar-refractivity contribution in [3.05, 3.63) is 28.3 Å². The fraction of sp³-hybridized carbons (Fsp3) is 0.364. The number of benzene rings is 1. The number of methoxy groups -OCH3 is 1. The van der Waals surface area contributed by atoms with Crippen molar-refractivity contribution in [2.45, 2.75) is 19.9 Å². The Hall–Kier alpha value is -1.89. The van der Waals surface area contributed by atoms with Gasteiger partial charge in [-0.1, -0.05) is 0 Å². The summed E-state index contributed by atoms with van der Waals surface area (Å²) in [6.45, 7) is 3.89. The number of non-ortho nitro benzene ring substituents is 1. The van der Waals surface area contributed by atoms with Gasteiger partial charge in [-0.15, -0.1) is 0 Å². The molecule has 6 nitrogen and oxygen atoms in total. The summed E-state index contributed by atoms with van der Waals surface area (Å²) in [5.41, 5.74) is 0.440. The Labute approximate surface area is 110 Å². The van der Waals surface area contributed by atoms with Gasteiger partial charge in [0.05, 0.1) is 17.7 Å². The van der Waals surface area contributed by atoms with Gasteiger partial charge in [0.25, 0.3) is 5.69 Å². The van der Waals surface area contributed by atoms with Gasteiger partial charge in [0.2, 0.25) is 0 Å². The molecule has 0 saturated carbocycles. The van der Waals surface area contributed by atoms with E-state index in [0.717, 1.165) is 0 Å². The van der Waals surface area contributed by atoms with Gasteiger partial charge >= 0.3 is 0 Å². The fourth-order valence-corrected chi connectivity index (χ4v) is 1.67. The summed E-state index contributed by atoms with van der Waals surface area (Å²) in [7, 11) is 1.49. The number of thiocarbonyl (C=S) groups is 1. The van der Waals surface area contributed by atoms with Gasteiger partial charge in [-0.2, -0.15) is 0 Å². The minimum atomic E-state index is -0.469. The molecular formula is C11H15N3O3S. The molecule has 0 unspecified atom stereocenters. The minimum absolute atomic E-state index is 0.0225. The van der Waals surface area contributed by atoms with Crippen molar-refractivity contribution in [2.75, 3.05) is 12.4 Å². The molecule has 0 saturated heterocycles. The number of rotatable bonds is 4. The maximum atomic E-state index is 10.7. The molecule has 0 aliphatic carbocycles. The molecule has 98 valence electrons. The molecule has 0 spiro atoms. The van der Waals surface area contributed by atoms with Crippen LogP contribution in [0.2, 0.25) is 0 Å². The van der Waals surface area contributed by atoms with E-state index in [1.54, 1.807) is 0 Å². The summed E-state index contributed by atoms with van der Waals surface area (Å²) < 4.78 is 5.11. The maximum absolute atomic E-state index is 10.7. The van der Waals surface area contributed by atoms with Crippen LogP contribution < -0.4 is 15.4 Å². The molecule has 0 aliphatic heterocycles. The predicted octanol–water partition coefficient (Wildman–Crippen LogP) is 2.30. The van der Waals surface area contributed by atoms with E-state index >= 15 is 0 Å². The molecular weight excluding hydrogens is 254 g/mol. The lowest BCUT2D eigenvalue weighted by molar-refractivity contribution is -0.384. The number of nitrogens with zero attached hydrogens (tertiary/aromatic N) is 1. The first kappa shape index (κ1) is 14.2. The molecule has 0 aliphatic rings. The molecule has 0 atom stereocenters. The maximum Gasteiger partial charge on any atom is 0.271 e. The number of hydrogen-bond donors (Lipinski definition) is 2. The van der Waals surface area contributed by atoms with Crippen molar-refractivity contribution in [3.8, 4) is 5.75 Å². The number of anilines is 1. The first-order chi connectivity index (χ1) is 8.43. The molecule has 0 aromatic heterocycles. The third-order valence-electron chi connectivity index (χ3n) is 2.06. The van der Waals surface area contributed by atoms with Crippen LogP contribution in [0.5, 0.6) is 5.75 Å². The SMILES string of the molecule is COc1ccc([N+](=O)[O-])cc1NC(=S)NC(C)C. The van der Waals surface area contributed by atoms with Crippen LogP contribution in [0, 0.1) is 10.1 Å². The van der Waals surface area contributed by atoms with Crippen LogP contribution in [0.3, 0.4) is 0 Å². The zero-order chi connectivity index (χ0) is 13.7. The molecule has 0 radical (unpaired) electrons. The van der Waals surface area contributed by atoms with E-state index in [9.17, 15) is 10.1 Å². The van der Waals surface area contributed by atoms with E-state index in [4.69, 9.17) is 17.0 Å². The van der Waals surface area contributed by atoms with Crippen LogP contribution in [0.15, 0.2) is 18.2 Å². The second kappa shape index (κ2) is 6.15. The van der Waals surface area contributed by atoms with Gasteiger partial charge in [0, 0.05) is 18.2 Å². The molecule has 1 aromatic carbocycles. The van der Waals surface area contributed by atoms with Crippen LogP contribution >= 0.6 is 12.2 Å². The van der Waals surface area contributed by atoms with Crippen molar-refractivity contribution < 1.29 is 9.66 Å². The monoisotopic (exact) mass is 269 g/mol. The van der Waals surface area contributed by atoms with E-state index < -0.39 is 4.92 Å². The topological polar surface area (TPSA) is 76.4 Å². The smallest absolute Gasteiger partial charge is 0.271 e. The lowest BCUT2D eigenvalue weighted by atomic mass is 10.2. The molecule has 0 amide bonds. The summed E-state index contributed by atoms with van der Waals surface area (Å²) >= 11 is 5.08. The number of nitro groups is 1. The zero-order valence-corrected chi connectivity index (χ0v) is 11.2. The Balaban J connectivity index is 2.94. The van der Waals surface area contributed by atoms with E-state index in [2.05, 4.69) is 10.6 Å². The normalized spacial score (nSPS) is 10.0. The summed E-state index contributed by atoms with van der Waals surface area (Å²) in [5, 5.41) is 17.0. The second-order valence-electron chi connectivity index (χ2n) is 3.89. The minimum Gasteiger partial charge on any atom is -0.495 e. The lowest BCUT2D eigenvalue weighted by Crippen LogP contribution is -2.34. The van der Waals surface area contributed by atoms with Crippen LogP contribution in [0.1, 0.15) is 13.8 Å². The molecule has 1 aromatic rings. The number of hydrogen-bond acceptors (Lipinski definition) is 4. The van der Waals surface area contributed by atoms with E-state index in [1.165, 1.54) is 25.3 Å². The highest BCUT2D eigenvalue weighted by Gasteiger charge is 2.12. The Morgan fingerprint density at radius 2 is 2.17 bits per heavy atom. The third-order valence-corrected chi connectivity index (χ3v) is 2.28. The molecule has 0 bridgehead atoms. The van der Waals surface area contributed by atoms with Crippen molar-refractivity contribution in [3.63, 3.8) is 0 Å². The standard InChI is InChI=1S/C11H15N3O3S/c1-7(2)12-11(18)13-9-6-8(14(15)16)4-5-10(9)17-3/h4-7H,1-3H3,(H2,12,13,18). The van der Waals surface area contributed by atoms with Crippen LogP contribution in [-0.4, -0.2) is 23.2 Å². The predicted molar refractivity (Wildman–Crippen MR) is 74.1 cm³/mol. The van der Waals surface area contributed by atoms with Crippen LogP contribution in [0.4, 0.5) is 11.4 Å². The first-order valence-corrected chi connectivity index (χ1v) is 5.74. The quantitative estimate of drug-likeness (QED) is 0.496.